The molecule has 2 heteroatoms. The Bertz CT molecular complexity index is 501. The van der Waals surface area contributed by atoms with Gasteiger partial charge in [-0.1, -0.05) is 26.8 Å². The zero-order chi connectivity index (χ0) is 11.9. The van der Waals surface area contributed by atoms with Crippen molar-refractivity contribution in [3.8, 4) is 0 Å². The number of hydrogen-bond donors (Lipinski definition) is 2. The number of rotatable bonds is 1. The van der Waals surface area contributed by atoms with E-state index in [0.717, 1.165) is 0 Å². The van der Waals surface area contributed by atoms with Crippen LogP contribution in [0.5, 0.6) is 0 Å². The first-order valence-electron chi connectivity index (χ1n) is 5.76. The highest BCUT2D eigenvalue weighted by Crippen LogP contribution is 2.29. The van der Waals surface area contributed by atoms with Gasteiger partial charge in [0.05, 0.1) is 0 Å². The minimum absolute atomic E-state index is 0.0731. The average Bonchev–Trinajstić information content (AvgIpc) is 2.58. The Labute approximate surface area is 96.9 Å². The number of nitrogens with two attached hydrogens (primary N) is 1. The zero-order valence-corrected chi connectivity index (χ0v) is 10.5. The van der Waals surface area contributed by atoms with Crippen LogP contribution in [0.4, 0.5) is 0 Å². The van der Waals surface area contributed by atoms with Crippen molar-refractivity contribution in [3.63, 3.8) is 0 Å². The van der Waals surface area contributed by atoms with Crippen LogP contribution in [-0.4, -0.2) is 4.98 Å². The van der Waals surface area contributed by atoms with Crippen molar-refractivity contribution >= 4 is 10.9 Å². The van der Waals surface area contributed by atoms with Gasteiger partial charge in [0.2, 0.25) is 0 Å². The summed E-state index contributed by atoms with van der Waals surface area (Å²) in [6, 6.07) is 6.65. The van der Waals surface area contributed by atoms with E-state index in [-0.39, 0.29) is 11.5 Å². The number of fused-ring (bicyclic) bond motifs is 1. The second-order valence-electron chi connectivity index (χ2n) is 5.54. The third kappa shape index (κ3) is 1.85. The third-order valence-corrected chi connectivity index (χ3v) is 3.07. The highest BCUT2D eigenvalue weighted by molar-refractivity contribution is 5.84. The van der Waals surface area contributed by atoms with Crippen molar-refractivity contribution in [2.45, 2.75) is 39.2 Å². The van der Waals surface area contributed by atoms with Crippen molar-refractivity contribution < 1.29 is 0 Å². The monoisotopic (exact) mass is 216 g/mol. The van der Waals surface area contributed by atoms with Gasteiger partial charge in [-0.15, -0.1) is 0 Å². The average molecular weight is 216 g/mol. The fourth-order valence-corrected chi connectivity index (χ4v) is 1.99. The second kappa shape index (κ2) is 3.63. The van der Waals surface area contributed by atoms with Gasteiger partial charge in [0.25, 0.3) is 0 Å². The van der Waals surface area contributed by atoms with Crippen molar-refractivity contribution in [1.29, 1.82) is 0 Å². The smallest absolute Gasteiger partial charge is 0.0457 e. The summed E-state index contributed by atoms with van der Waals surface area (Å²) in [6.07, 6.45) is 2.02. The molecule has 1 aromatic carbocycles. The lowest BCUT2D eigenvalue weighted by atomic mass is 9.86. The van der Waals surface area contributed by atoms with Crippen LogP contribution in [0.25, 0.3) is 10.9 Å². The van der Waals surface area contributed by atoms with Gasteiger partial charge in [-0.25, -0.2) is 0 Å². The van der Waals surface area contributed by atoms with E-state index in [1.54, 1.807) is 0 Å². The molecule has 0 amide bonds. The van der Waals surface area contributed by atoms with E-state index < -0.39 is 0 Å². The molecule has 0 aliphatic carbocycles. The lowest BCUT2D eigenvalue weighted by Gasteiger charge is -2.19. The van der Waals surface area contributed by atoms with Gasteiger partial charge < -0.3 is 10.7 Å². The summed E-state index contributed by atoms with van der Waals surface area (Å²) in [5, 5.41) is 1.25. The fraction of sp³-hybridized carbons (Fsp3) is 0.429. The number of hydrogen-bond acceptors (Lipinski definition) is 1. The molecule has 0 spiro atoms. The number of aromatic amines is 1. The van der Waals surface area contributed by atoms with E-state index in [4.69, 9.17) is 5.73 Å². The lowest BCUT2D eigenvalue weighted by molar-refractivity contribution is 0.591. The molecule has 0 radical (unpaired) electrons. The Morgan fingerprint density at radius 1 is 1.25 bits per heavy atom. The summed E-state index contributed by atoms with van der Waals surface area (Å²) in [4.78, 5) is 3.27. The van der Waals surface area contributed by atoms with Crippen molar-refractivity contribution in [1.82, 2.24) is 4.98 Å². The van der Waals surface area contributed by atoms with E-state index in [9.17, 15) is 0 Å². The van der Waals surface area contributed by atoms with Gasteiger partial charge in [0.15, 0.2) is 0 Å². The molecule has 16 heavy (non-hydrogen) atoms. The Balaban J connectivity index is 2.63. The van der Waals surface area contributed by atoms with Gasteiger partial charge in [0, 0.05) is 23.1 Å². The van der Waals surface area contributed by atoms with Gasteiger partial charge in [-0.05, 0) is 35.6 Å². The van der Waals surface area contributed by atoms with Crippen LogP contribution in [0.2, 0.25) is 0 Å². The van der Waals surface area contributed by atoms with Crippen LogP contribution in [0.3, 0.4) is 0 Å². The molecule has 0 bridgehead atoms. The summed E-state index contributed by atoms with van der Waals surface area (Å²) in [5.41, 5.74) is 9.86. The van der Waals surface area contributed by atoms with Crippen LogP contribution in [0, 0.1) is 0 Å². The van der Waals surface area contributed by atoms with E-state index in [1.165, 1.54) is 22.0 Å². The predicted molar refractivity (Wildman–Crippen MR) is 69.6 cm³/mol. The van der Waals surface area contributed by atoms with Gasteiger partial charge in [0.1, 0.15) is 0 Å². The van der Waals surface area contributed by atoms with E-state index in [1.807, 2.05) is 13.1 Å². The number of nitrogens with one attached hydrogen (secondary N) is 1. The molecule has 2 rings (SSSR count). The maximum Gasteiger partial charge on any atom is 0.0457 e. The lowest BCUT2D eigenvalue weighted by Crippen LogP contribution is -2.11. The molecule has 1 heterocycles. The maximum atomic E-state index is 5.96. The summed E-state index contributed by atoms with van der Waals surface area (Å²) in [7, 11) is 0. The predicted octanol–water partition coefficient (Wildman–Crippen LogP) is 3.49. The number of H-pyrrole nitrogens is 1. The third-order valence-electron chi connectivity index (χ3n) is 3.07. The van der Waals surface area contributed by atoms with E-state index in [2.05, 4.69) is 44.0 Å². The van der Waals surface area contributed by atoms with Gasteiger partial charge in [-0.3, -0.25) is 0 Å². The molecule has 0 aliphatic heterocycles. The van der Waals surface area contributed by atoms with Crippen LogP contribution in [0.15, 0.2) is 24.4 Å². The van der Waals surface area contributed by atoms with Crippen LogP contribution >= 0.6 is 0 Å². The minimum atomic E-state index is 0.0731. The number of benzene rings is 1. The quantitative estimate of drug-likeness (QED) is 0.753. The van der Waals surface area contributed by atoms with E-state index >= 15 is 0 Å². The second-order valence-corrected chi connectivity index (χ2v) is 5.54. The highest BCUT2D eigenvalue weighted by atomic mass is 14.7. The molecule has 2 nitrogen and oxygen atoms in total. The standard InChI is InChI=1S/C14H20N2/c1-9(15)12-8-16-13-6-5-10(7-11(12)13)14(2,3)4/h5-9,16H,15H2,1-4H3/t9-/m1/s1. The van der Waals surface area contributed by atoms with Crippen LogP contribution < -0.4 is 5.73 Å². The fourth-order valence-electron chi connectivity index (χ4n) is 1.99. The van der Waals surface area contributed by atoms with Crippen LogP contribution in [0.1, 0.15) is 44.9 Å². The minimum Gasteiger partial charge on any atom is -0.361 e. The summed E-state index contributed by atoms with van der Waals surface area (Å²) in [5.74, 6) is 0. The molecule has 0 saturated heterocycles. The molecular weight excluding hydrogens is 196 g/mol. The number of aromatic nitrogens is 1. The molecule has 3 N–H and O–H groups in total. The Morgan fingerprint density at radius 2 is 1.94 bits per heavy atom. The first-order valence-corrected chi connectivity index (χ1v) is 5.76. The Hall–Kier alpha value is -1.28. The van der Waals surface area contributed by atoms with Gasteiger partial charge >= 0.3 is 0 Å². The molecule has 0 aliphatic rings. The van der Waals surface area contributed by atoms with E-state index in [0.29, 0.717) is 0 Å². The largest absolute Gasteiger partial charge is 0.361 e. The molecule has 86 valence electrons. The molecular formula is C14H20N2. The summed E-state index contributed by atoms with van der Waals surface area (Å²) in [6.45, 7) is 8.71. The normalized spacial score (nSPS) is 14.3. The van der Waals surface area contributed by atoms with Crippen LogP contribution in [-0.2, 0) is 5.41 Å². The molecule has 2 aromatic rings. The molecule has 1 aromatic heterocycles. The topological polar surface area (TPSA) is 41.8 Å². The highest BCUT2D eigenvalue weighted by Gasteiger charge is 2.15. The maximum absolute atomic E-state index is 5.96. The molecule has 1 atom stereocenters. The molecule has 0 saturated carbocycles. The molecule has 0 unspecified atom stereocenters. The van der Waals surface area contributed by atoms with Crippen molar-refractivity contribution in [2.24, 2.45) is 5.73 Å². The molecule has 0 fully saturated rings. The van der Waals surface area contributed by atoms with Gasteiger partial charge in [-0.2, -0.15) is 0 Å². The summed E-state index contributed by atoms with van der Waals surface area (Å²) >= 11 is 0. The first kappa shape index (κ1) is 11.2. The van der Waals surface area contributed by atoms with Crippen molar-refractivity contribution in [2.75, 3.05) is 0 Å². The summed E-state index contributed by atoms with van der Waals surface area (Å²) < 4.78 is 0. The Kier molecular flexibility index (Phi) is 2.55. The SMILES string of the molecule is C[C@@H](N)c1c[nH]c2ccc(C(C)(C)C)cc12. The Morgan fingerprint density at radius 3 is 2.50 bits per heavy atom. The first-order chi connectivity index (χ1) is 7.39. The zero-order valence-electron chi connectivity index (χ0n) is 10.5. The van der Waals surface area contributed by atoms with Crippen molar-refractivity contribution in [3.05, 3.63) is 35.5 Å².